The average molecular weight is 154 g/mol. The van der Waals surface area contributed by atoms with Crippen LogP contribution in [-0.4, -0.2) is 24.3 Å². The molecule has 0 aromatic rings. The van der Waals surface area contributed by atoms with Gasteiger partial charge >= 0.3 is 0 Å². The van der Waals surface area contributed by atoms with Crippen molar-refractivity contribution in [3.63, 3.8) is 0 Å². The molecular weight excluding hydrogens is 136 g/mol. The molecule has 0 saturated carbocycles. The highest BCUT2D eigenvalue weighted by Crippen LogP contribution is 2.09. The van der Waals surface area contributed by atoms with Gasteiger partial charge in [0.2, 0.25) is 0 Å². The Balaban J connectivity index is 2.14. The predicted octanol–water partition coefficient (Wildman–Crippen LogP) is 1.97. The molecule has 0 aromatic heterocycles. The summed E-state index contributed by atoms with van der Waals surface area (Å²) in [4.78, 5) is 0. The van der Waals surface area contributed by atoms with Crippen molar-refractivity contribution in [3.8, 4) is 0 Å². The van der Waals surface area contributed by atoms with Crippen molar-refractivity contribution in [1.29, 1.82) is 0 Å². The fourth-order valence-corrected chi connectivity index (χ4v) is 1.19. The molecule has 0 radical (unpaired) electrons. The lowest BCUT2D eigenvalue weighted by Gasteiger charge is -2.15. The van der Waals surface area contributed by atoms with E-state index in [0.717, 1.165) is 19.0 Å². The fraction of sp³-hybridized carbons (Fsp3) is 0.889. The molecule has 0 fully saturated rings. The van der Waals surface area contributed by atoms with Gasteiger partial charge in [-0.2, -0.15) is 5.10 Å². The Morgan fingerprint density at radius 1 is 1.64 bits per heavy atom. The minimum Gasteiger partial charge on any atom is -0.297 e. The highest BCUT2D eigenvalue weighted by Gasteiger charge is 2.12. The summed E-state index contributed by atoms with van der Waals surface area (Å²) >= 11 is 0. The van der Waals surface area contributed by atoms with Crippen molar-refractivity contribution in [3.05, 3.63) is 0 Å². The van der Waals surface area contributed by atoms with Crippen LogP contribution in [0.2, 0.25) is 0 Å². The molecule has 11 heavy (non-hydrogen) atoms. The molecule has 0 N–H and O–H groups in total. The van der Waals surface area contributed by atoms with E-state index in [0.29, 0.717) is 5.92 Å². The van der Waals surface area contributed by atoms with Gasteiger partial charge < -0.3 is 0 Å². The third-order valence-electron chi connectivity index (χ3n) is 1.95. The Morgan fingerprint density at radius 3 is 2.82 bits per heavy atom. The third kappa shape index (κ3) is 2.91. The summed E-state index contributed by atoms with van der Waals surface area (Å²) in [7, 11) is 0. The minimum atomic E-state index is 0.655. The van der Waals surface area contributed by atoms with E-state index in [4.69, 9.17) is 0 Å². The Bertz CT molecular complexity index is 140. The highest BCUT2D eigenvalue weighted by molar-refractivity contribution is 5.61. The smallest absolute Gasteiger partial charge is 0.0436 e. The molecule has 1 aliphatic heterocycles. The Labute approximate surface area is 69.3 Å². The van der Waals surface area contributed by atoms with E-state index >= 15 is 0 Å². The first-order chi connectivity index (χ1) is 5.18. The van der Waals surface area contributed by atoms with Crippen LogP contribution in [0.3, 0.4) is 0 Å². The Kier molecular flexibility index (Phi) is 2.92. The summed E-state index contributed by atoms with van der Waals surface area (Å²) in [5.41, 5.74) is 0. The quantitative estimate of drug-likeness (QED) is 0.607. The topological polar surface area (TPSA) is 15.6 Å². The van der Waals surface area contributed by atoms with Gasteiger partial charge in [-0.25, -0.2) is 0 Å². The molecule has 0 amide bonds. The second-order valence-electron chi connectivity index (χ2n) is 3.84. The lowest BCUT2D eigenvalue weighted by Crippen LogP contribution is -2.19. The molecule has 2 heteroatoms. The van der Waals surface area contributed by atoms with Gasteiger partial charge in [0.25, 0.3) is 0 Å². The first-order valence-electron chi connectivity index (χ1n) is 4.47. The molecule has 0 bridgehead atoms. The second kappa shape index (κ2) is 3.74. The maximum absolute atomic E-state index is 4.30. The van der Waals surface area contributed by atoms with Crippen molar-refractivity contribution >= 4 is 6.21 Å². The van der Waals surface area contributed by atoms with Crippen LogP contribution in [0.5, 0.6) is 0 Å². The molecular formula is C9H18N2. The monoisotopic (exact) mass is 154 g/mol. The van der Waals surface area contributed by atoms with Gasteiger partial charge in [0.05, 0.1) is 0 Å². The zero-order chi connectivity index (χ0) is 8.27. The first-order valence-corrected chi connectivity index (χ1v) is 4.47. The molecule has 0 aliphatic carbocycles. The molecule has 1 unspecified atom stereocenters. The van der Waals surface area contributed by atoms with Gasteiger partial charge in [-0.15, -0.1) is 0 Å². The number of rotatable bonds is 3. The number of hydrazone groups is 1. The summed E-state index contributed by atoms with van der Waals surface area (Å²) in [5.74, 6) is 1.45. The van der Waals surface area contributed by atoms with Gasteiger partial charge in [-0.05, 0) is 12.3 Å². The lowest BCUT2D eigenvalue weighted by atomic mass is 10.1. The molecule has 0 spiro atoms. The normalized spacial score (nSPS) is 23.6. The maximum atomic E-state index is 4.30. The van der Waals surface area contributed by atoms with Crippen molar-refractivity contribution in [2.24, 2.45) is 16.9 Å². The van der Waals surface area contributed by atoms with Crippen molar-refractivity contribution in [2.45, 2.75) is 27.2 Å². The van der Waals surface area contributed by atoms with Gasteiger partial charge in [0.1, 0.15) is 0 Å². The van der Waals surface area contributed by atoms with E-state index in [1.165, 1.54) is 6.42 Å². The lowest BCUT2D eigenvalue weighted by molar-refractivity contribution is 0.280. The van der Waals surface area contributed by atoms with Gasteiger partial charge in [-0.1, -0.05) is 20.8 Å². The minimum absolute atomic E-state index is 0.655. The van der Waals surface area contributed by atoms with Crippen molar-refractivity contribution in [2.75, 3.05) is 13.1 Å². The summed E-state index contributed by atoms with van der Waals surface area (Å²) < 4.78 is 0. The molecule has 0 aromatic carbocycles. The van der Waals surface area contributed by atoms with E-state index in [1.807, 2.05) is 6.21 Å². The number of hydrogen-bond acceptors (Lipinski definition) is 2. The maximum Gasteiger partial charge on any atom is 0.0436 e. The predicted molar refractivity (Wildman–Crippen MR) is 48.7 cm³/mol. The van der Waals surface area contributed by atoms with Gasteiger partial charge in [0.15, 0.2) is 0 Å². The van der Waals surface area contributed by atoms with Crippen LogP contribution in [0.15, 0.2) is 5.10 Å². The molecule has 0 saturated heterocycles. The second-order valence-corrected chi connectivity index (χ2v) is 3.84. The molecule has 1 heterocycles. The van der Waals surface area contributed by atoms with Crippen LogP contribution >= 0.6 is 0 Å². The van der Waals surface area contributed by atoms with Crippen LogP contribution in [0.25, 0.3) is 0 Å². The summed E-state index contributed by atoms with van der Waals surface area (Å²) in [6.45, 7) is 8.95. The highest BCUT2D eigenvalue weighted by atomic mass is 15.5. The van der Waals surface area contributed by atoms with Crippen LogP contribution in [0.4, 0.5) is 0 Å². The zero-order valence-corrected chi connectivity index (χ0v) is 7.75. The van der Waals surface area contributed by atoms with E-state index in [1.54, 1.807) is 0 Å². The third-order valence-corrected chi connectivity index (χ3v) is 1.95. The standard InChI is InChI=1S/C9H18N2/c1-8(2)4-5-11-7-9(3)6-10-11/h6,8-9H,4-5,7H2,1-3H3. The summed E-state index contributed by atoms with van der Waals surface area (Å²) in [5, 5.41) is 6.47. The summed E-state index contributed by atoms with van der Waals surface area (Å²) in [6, 6.07) is 0. The fourth-order valence-electron chi connectivity index (χ4n) is 1.19. The molecule has 1 atom stereocenters. The Morgan fingerprint density at radius 2 is 2.36 bits per heavy atom. The van der Waals surface area contributed by atoms with Crippen LogP contribution in [0.1, 0.15) is 27.2 Å². The zero-order valence-electron chi connectivity index (χ0n) is 7.75. The van der Waals surface area contributed by atoms with Crippen molar-refractivity contribution in [1.82, 2.24) is 5.01 Å². The van der Waals surface area contributed by atoms with E-state index in [9.17, 15) is 0 Å². The largest absolute Gasteiger partial charge is 0.297 e. The molecule has 1 rings (SSSR count). The van der Waals surface area contributed by atoms with Gasteiger partial charge in [-0.3, -0.25) is 5.01 Å². The molecule has 64 valence electrons. The Hall–Kier alpha value is -0.530. The van der Waals surface area contributed by atoms with Crippen LogP contribution < -0.4 is 0 Å². The van der Waals surface area contributed by atoms with E-state index in [-0.39, 0.29) is 0 Å². The van der Waals surface area contributed by atoms with E-state index < -0.39 is 0 Å². The van der Waals surface area contributed by atoms with Crippen molar-refractivity contribution < 1.29 is 0 Å². The number of nitrogens with zero attached hydrogens (tertiary/aromatic N) is 2. The average Bonchev–Trinajstić information content (AvgIpc) is 2.31. The summed E-state index contributed by atoms with van der Waals surface area (Å²) in [6.07, 6.45) is 3.30. The SMILES string of the molecule is CC(C)CCN1CC(C)C=N1. The van der Waals surface area contributed by atoms with Crippen LogP contribution in [0, 0.1) is 11.8 Å². The number of hydrogen-bond donors (Lipinski definition) is 0. The first kappa shape index (κ1) is 8.57. The van der Waals surface area contributed by atoms with Crippen LogP contribution in [-0.2, 0) is 0 Å². The molecule has 1 aliphatic rings. The molecule has 2 nitrogen and oxygen atoms in total. The van der Waals surface area contributed by atoms with E-state index in [2.05, 4.69) is 30.9 Å². The van der Waals surface area contributed by atoms with Gasteiger partial charge in [0, 0.05) is 25.2 Å².